The van der Waals surface area contributed by atoms with E-state index in [0.717, 1.165) is 0 Å². The number of aryl methyl sites for hydroxylation is 1. The second kappa shape index (κ2) is 9.20. The standard InChI is InChI=1S/C26H37P/c1-8-9-20-27(7)24-16-14-23(15-17-24)26(5,6)19-18-25(3,4)22-12-10-21(2)11-13-22/h10-19H,8-9,20H2,1-7H3/b19-18+. The number of unbranched alkanes of at least 4 members (excludes halogenated alkanes) is 1. The lowest BCUT2D eigenvalue weighted by atomic mass is 9.78. The second-order valence-electron chi connectivity index (χ2n) is 8.96. The minimum absolute atomic E-state index is 0.00728. The van der Waals surface area contributed by atoms with Gasteiger partial charge in [0.25, 0.3) is 0 Å². The van der Waals surface area contributed by atoms with Crippen LogP contribution in [0.2, 0.25) is 0 Å². The molecule has 0 amide bonds. The van der Waals surface area contributed by atoms with Crippen LogP contribution in [-0.2, 0) is 10.8 Å². The summed E-state index contributed by atoms with van der Waals surface area (Å²) >= 11 is 0. The van der Waals surface area contributed by atoms with Gasteiger partial charge in [-0.1, -0.05) is 115 Å². The lowest BCUT2D eigenvalue weighted by Gasteiger charge is -2.26. The van der Waals surface area contributed by atoms with Crippen molar-refractivity contribution in [3.05, 3.63) is 77.4 Å². The molecule has 2 aromatic carbocycles. The summed E-state index contributed by atoms with van der Waals surface area (Å²) in [5.41, 5.74) is 4.13. The largest absolute Gasteiger partial charge is 0.0785 e. The summed E-state index contributed by atoms with van der Waals surface area (Å²) in [6, 6.07) is 18.3. The van der Waals surface area contributed by atoms with Gasteiger partial charge in [0.1, 0.15) is 0 Å². The molecule has 0 bridgehead atoms. The van der Waals surface area contributed by atoms with Gasteiger partial charge in [-0.15, -0.1) is 0 Å². The van der Waals surface area contributed by atoms with Gasteiger partial charge in [0.15, 0.2) is 0 Å². The number of hydrogen-bond donors (Lipinski definition) is 0. The zero-order valence-electron chi connectivity index (χ0n) is 18.3. The fourth-order valence-corrected chi connectivity index (χ4v) is 4.97. The fraction of sp³-hybridized carbons (Fsp3) is 0.462. The van der Waals surface area contributed by atoms with Crippen molar-refractivity contribution < 1.29 is 0 Å². The van der Waals surface area contributed by atoms with Crippen LogP contribution in [0.5, 0.6) is 0 Å². The topological polar surface area (TPSA) is 0 Å². The molecule has 0 aromatic heterocycles. The van der Waals surface area contributed by atoms with Crippen LogP contribution in [0.15, 0.2) is 60.7 Å². The van der Waals surface area contributed by atoms with E-state index in [-0.39, 0.29) is 18.8 Å². The first-order valence-electron chi connectivity index (χ1n) is 10.2. The van der Waals surface area contributed by atoms with E-state index in [1.165, 1.54) is 41.0 Å². The smallest absolute Gasteiger partial charge is 0.00756 e. The van der Waals surface area contributed by atoms with Crippen LogP contribution in [0.4, 0.5) is 0 Å². The highest BCUT2D eigenvalue weighted by Crippen LogP contribution is 2.33. The Bertz CT molecular complexity index is 733. The van der Waals surface area contributed by atoms with Gasteiger partial charge in [0, 0.05) is 10.8 Å². The van der Waals surface area contributed by atoms with Crippen molar-refractivity contribution >= 4 is 13.2 Å². The van der Waals surface area contributed by atoms with E-state index in [1.54, 1.807) is 0 Å². The molecule has 0 heterocycles. The van der Waals surface area contributed by atoms with Crippen molar-refractivity contribution in [1.29, 1.82) is 0 Å². The summed E-state index contributed by atoms with van der Waals surface area (Å²) in [5, 5.41) is 1.53. The van der Waals surface area contributed by atoms with Crippen LogP contribution < -0.4 is 5.30 Å². The molecule has 0 nitrogen and oxygen atoms in total. The van der Waals surface area contributed by atoms with Gasteiger partial charge >= 0.3 is 0 Å². The van der Waals surface area contributed by atoms with E-state index in [1.807, 2.05) is 0 Å². The molecule has 2 rings (SSSR count). The van der Waals surface area contributed by atoms with Crippen LogP contribution >= 0.6 is 7.92 Å². The number of benzene rings is 2. The zero-order valence-corrected chi connectivity index (χ0v) is 19.2. The van der Waals surface area contributed by atoms with Gasteiger partial charge < -0.3 is 0 Å². The van der Waals surface area contributed by atoms with E-state index in [9.17, 15) is 0 Å². The van der Waals surface area contributed by atoms with Crippen molar-refractivity contribution in [1.82, 2.24) is 0 Å². The minimum Gasteiger partial charge on any atom is -0.0785 e. The predicted molar refractivity (Wildman–Crippen MR) is 125 cm³/mol. The average Bonchev–Trinajstić information content (AvgIpc) is 2.65. The SMILES string of the molecule is CCCCP(C)c1ccc(C(C)(C)/C=C/C(C)(C)c2ccc(C)cc2)cc1. The van der Waals surface area contributed by atoms with Crippen LogP contribution in [-0.4, -0.2) is 12.8 Å². The first-order valence-corrected chi connectivity index (χ1v) is 12.2. The Morgan fingerprint density at radius 1 is 0.778 bits per heavy atom. The quantitative estimate of drug-likeness (QED) is 0.332. The van der Waals surface area contributed by atoms with E-state index in [4.69, 9.17) is 0 Å². The summed E-state index contributed by atoms with van der Waals surface area (Å²) in [6.07, 6.45) is 8.73. The molecule has 1 heteroatoms. The molecule has 0 aliphatic rings. The van der Waals surface area contributed by atoms with Crippen molar-refractivity contribution in [3.8, 4) is 0 Å². The summed E-state index contributed by atoms with van der Waals surface area (Å²) in [4.78, 5) is 0. The molecule has 1 atom stereocenters. The van der Waals surface area contributed by atoms with Gasteiger partial charge in [-0.05, 0) is 42.6 Å². The van der Waals surface area contributed by atoms with Crippen LogP contribution in [0.25, 0.3) is 0 Å². The monoisotopic (exact) mass is 380 g/mol. The van der Waals surface area contributed by atoms with Gasteiger partial charge in [-0.3, -0.25) is 0 Å². The van der Waals surface area contributed by atoms with Crippen LogP contribution in [0.1, 0.15) is 64.2 Å². The third kappa shape index (κ3) is 6.05. The normalized spacial score (nSPS) is 13.9. The van der Waals surface area contributed by atoms with E-state index >= 15 is 0 Å². The van der Waals surface area contributed by atoms with Crippen LogP contribution in [0.3, 0.4) is 0 Å². The summed E-state index contributed by atoms with van der Waals surface area (Å²) < 4.78 is 0. The Balaban J connectivity index is 2.15. The zero-order chi connectivity index (χ0) is 20.1. The first kappa shape index (κ1) is 21.9. The molecule has 0 N–H and O–H groups in total. The number of hydrogen-bond acceptors (Lipinski definition) is 0. The van der Waals surface area contributed by atoms with Crippen molar-refractivity contribution in [2.45, 2.75) is 65.2 Å². The van der Waals surface area contributed by atoms with Crippen molar-refractivity contribution in [2.24, 2.45) is 0 Å². The van der Waals surface area contributed by atoms with E-state index < -0.39 is 0 Å². The third-order valence-corrected chi connectivity index (χ3v) is 7.78. The highest BCUT2D eigenvalue weighted by molar-refractivity contribution is 7.64. The Kier molecular flexibility index (Phi) is 7.47. The van der Waals surface area contributed by atoms with Gasteiger partial charge in [0.05, 0.1) is 0 Å². The highest BCUT2D eigenvalue weighted by atomic mass is 31.1. The third-order valence-electron chi connectivity index (χ3n) is 5.61. The van der Waals surface area contributed by atoms with Crippen LogP contribution in [0, 0.1) is 6.92 Å². The summed E-state index contributed by atoms with van der Waals surface area (Å²) in [6.45, 7) is 16.1. The Morgan fingerprint density at radius 3 is 1.67 bits per heavy atom. The predicted octanol–water partition coefficient (Wildman–Crippen LogP) is 7.34. The molecule has 0 fully saturated rings. The second-order valence-corrected chi connectivity index (χ2v) is 11.3. The van der Waals surface area contributed by atoms with Crippen molar-refractivity contribution in [3.63, 3.8) is 0 Å². The Hall–Kier alpha value is -1.39. The molecule has 0 aliphatic heterocycles. The van der Waals surface area contributed by atoms with Gasteiger partial charge in [-0.25, -0.2) is 0 Å². The Morgan fingerprint density at radius 2 is 1.22 bits per heavy atom. The van der Waals surface area contributed by atoms with Gasteiger partial charge in [0.2, 0.25) is 0 Å². The highest BCUT2D eigenvalue weighted by Gasteiger charge is 2.22. The number of rotatable bonds is 8. The molecule has 0 radical (unpaired) electrons. The first-order chi connectivity index (χ1) is 12.7. The molecule has 0 spiro atoms. The maximum Gasteiger partial charge on any atom is 0.00756 e. The molecule has 0 aliphatic carbocycles. The molecular weight excluding hydrogens is 343 g/mol. The van der Waals surface area contributed by atoms with Gasteiger partial charge in [-0.2, -0.15) is 0 Å². The summed E-state index contributed by atoms with van der Waals surface area (Å²) in [5.74, 6) is 0. The summed E-state index contributed by atoms with van der Waals surface area (Å²) in [7, 11) is -0.00728. The maximum absolute atomic E-state index is 2.41. The van der Waals surface area contributed by atoms with Crippen molar-refractivity contribution in [2.75, 3.05) is 12.8 Å². The molecule has 0 saturated heterocycles. The number of allylic oxidation sites excluding steroid dienone is 2. The molecule has 27 heavy (non-hydrogen) atoms. The lowest BCUT2D eigenvalue weighted by molar-refractivity contribution is 0.626. The molecule has 1 unspecified atom stereocenters. The maximum atomic E-state index is 2.41. The molecule has 0 saturated carbocycles. The fourth-order valence-electron chi connectivity index (χ4n) is 3.26. The molecule has 146 valence electrons. The molecule has 2 aromatic rings. The lowest BCUT2D eigenvalue weighted by Crippen LogP contribution is -2.19. The Labute approximate surface area is 168 Å². The van der Waals surface area contributed by atoms with E-state index in [2.05, 4.69) is 109 Å². The van der Waals surface area contributed by atoms with E-state index in [0.29, 0.717) is 0 Å². The molecular formula is C26H37P. The average molecular weight is 381 g/mol. The minimum atomic E-state index is -0.00728.